The third kappa shape index (κ3) is 5.43. The Kier molecular flexibility index (Phi) is 6.88. The summed E-state index contributed by atoms with van der Waals surface area (Å²) in [4.78, 5) is 4.77. The van der Waals surface area contributed by atoms with Crippen molar-refractivity contribution in [1.29, 1.82) is 0 Å². The minimum Gasteiger partial charge on any atom is -0.497 e. The van der Waals surface area contributed by atoms with Crippen molar-refractivity contribution in [3.05, 3.63) is 54.3 Å². The lowest BCUT2D eigenvalue weighted by Crippen LogP contribution is -2.47. The maximum absolute atomic E-state index is 12.9. The van der Waals surface area contributed by atoms with Crippen LogP contribution in [0.1, 0.15) is 6.42 Å². The number of ether oxygens (including phenoxy) is 1. The van der Waals surface area contributed by atoms with Crippen LogP contribution in [0.15, 0.2) is 53.4 Å². The fourth-order valence-electron chi connectivity index (χ4n) is 3.23. The van der Waals surface area contributed by atoms with Crippen LogP contribution in [0.5, 0.6) is 5.75 Å². The predicted molar refractivity (Wildman–Crippen MR) is 108 cm³/mol. The van der Waals surface area contributed by atoms with Crippen molar-refractivity contribution in [1.82, 2.24) is 9.62 Å². The Bertz CT molecular complexity index is 849. The van der Waals surface area contributed by atoms with E-state index < -0.39 is 15.8 Å². The highest BCUT2D eigenvalue weighted by Crippen LogP contribution is 2.20. The van der Waals surface area contributed by atoms with Crippen LogP contribution in [0.3, 0.4) is 0 Å². The number of hydrogen-bond acceptors (Lipinski definition) is 5. The van der Waals surface area contributed by atoms with Gasteiger partial charge in [0.15, 0.2) is 0 Å². The molecule has 6 nitrogen and oxygen atoms in total. The zero-order chi connectivity index (χ0) is 20.0. The van der Waals surface area contributed by atoms with Crippen LogP contribution < -0.4 is 14.4 Å². The Balaban J connectivity index is 1.39. The van der Waals surface area contributed by atoms with E-state index in [2.05, 4.69) is 26.7 Å². The number of methoxy groups -OCH3 is 1. The first-order chi connectivity index (χ1) is 13.5. The highest BCUT2D eigenvalue weighted by molar-refractivity contribution is 7.89. The van der Waals surface area contributed by atoms with E-state index in [0.717, 1.165) is 57.0 Å². The van der Waals surface area contributed by atoms with E-state index in [1.54, 1.807) is 7.11 Å². The molecular formula is C20H26FN3O3S. The van der Waals surface area contributed by atoms with Crippen molar-refractivity contribution in [2.75, 3.05) is 51.3 Å². The van der Waals surface area contributed by atoms with E-state index in [1.807, 2.05) is 12.1 Å². The fraction of sp³-hybridized carbons (Fsp3) is 0.400. The molecule has 3 rings (SSSR count). The molecule has 1 aliphatic rings. The van der Waals surface area contributed by atoms with Crippen molar-refractivity contribution in [3.8, 4) is 5.75 Å². The molecule has 0 aromatic heterocycles. The van der Waals surface area contributed by atoms with Gasteiger partial charge in [-0.25, -0.2) is 17.5 Å². The highest BCUT2D eigenvalue weighted by Gasteiger charge is 2.18. The van der Waals surface area contributed by atoms with Gasteiger partial charge in [-0.3, -0.25) is 4.90 Å². The minimum atomic E-state index is -3.58. The zero-order valence-corrected chi connectivity index (χ0v) is 16.8. The quantitative estimate of drug-likeness (QED) is 0.681. The van der Waals surface area contributed by atoms with Crippen molar-refractivity contribution in [3.63, 3.8) is 0 Å². The number of benzene rings is 2. The smallest absolute Gasteiger partial charge is 0.240 e. The number of nitrogens with zero attached hydrogens (tertiary/aromatic N) is 2. The third-order valence-electron chi connectivity index (χ3n) is 4.88. The number of halogens is 1. The van der Waals surface area contributed by atoms with Crippen molar-refractivity contribution >= 4 is 15.7 Å². The van der Waals surface area contributed by atoms with Gasteiger partial charge in [-0.15, -0.1) is 0 Å². The number of piperazine rings is 1. The Morgan fingerprint density at radius 1 is 1.00 bits per heavy atom. The molecule has 1 N–H and O–H groups in total. The fourth-order valence-corrected chi connectivity index (χ4v) is 4.30. The van der Waals surface area contributed by atoms with E-state index in [9.17, 15) is 12.8 Å². The Labute approximate surface area is 166 Å². The minimum absolute atomic E-state index is 0.0852. The van der Waals surface area contributed by atoms with Crippen LogP contribution in [0.4, 0.5) is 10.1 Å². The summed E-state index contributed by atoms with van der Waals surface area (Å²) in [6, 6.07) is 12.9. The number of anilines is 1. The molecule has 0 atom stereocenters. The lowest BCUT2D eigenvalue weighted by atomic mass is 10.2. The molecule has 0 radical (unpaired) electrons. The SMILES string of the molecule is COc1ccc(N2CCN(CCCNS(=O)(=O)c3ccc(F)cc3)CC2)cc1. The molecule has 2 aromatic carbocycles. The Hall–Kier alpha value is -2.16. The summed E-state index contributed by atoms with van der Waals surface area (Å²) in [6.07, 6.45) is 0.725. The molecule has 0 aliphatic carbocycles. The highest BCUT2D eigenvalue weighted by atomic mass is 32.2. The first-order valence-electron chi connectivity index (χ1n) is 9.34. The molecule has 152 valence electrons. The summed E-state index contributed by atoms with van der Waals surface area (Å²) in [6.45, 7) is 4.95. The number of sulfonamides is 1. The van der Waals surface area contributed by atoms with Gasteiger partial charge in [0.2, 0.25) is 10.0 Å². The largest absolute Gasteiger partial charge is 0.497 e. The Morgan fingerprint density at radius 3 is 2.25 bits per heavy atom. The van der Waals surface area contributed by atoms with Crippen LogP contribution in [-0.2, 0) is 10.0 Å². The standard InChI is InChI=1S/C20H26FN3O3S/c1-27-19-7-5-18(6-8-19)24-15-13-23(14-16-24)12-2-11-22-28(25,26)20-9-3-17(21)4-10-20/h3-10,22H,2,11-16H2,1H3. The van der Waals surface area contributed by atoms with Crippen LogP contribution >= 0.6 is 0 Å². The maximum atomic E-state index is 12.9. The van der Waals surface area contributed by atoms with Gasteiger partial charge in [-0.05, 0) is 61.5 Å². The molecule has 0 saturated carbocycles. The molecular weight excluding hydrogens is 381 g/mol. The van der Waals surface area contributed by atoms with Gasteiger partial charge in [0.05, 0.1) is 12.0 Å². The summed E-state index contributed by atoms with van der Waals surface area (Å²) in [7, 11) is -1.92. The van der Waals surface area contributed by atoms with E-state index in [1.165, 1.54) is 17.8 Å². The van der Waals surface area contributed by atoms with Crippen molar-refractivity contribution < 1.29 is 17.5 Å². The summed E-state index contributed by atoms with van der Waals surface area (Å²) in [5.74, 6) is 0.401. The Morgan fingerprint density at radius 2 is 1.64 bits per heavy atom. The van der Waals surface area contributed by atoms with Gasteiger partial charge in [0.25, 0.3) is 0 Å². The van der Waals surface area contributed by atoms with Gasteiger partial charge in [0, 0.05) is 38.4 Å². The van der Waals surface area contributed by atoms with E-state index in [4.69, 9.17) is 4.74 Å². The summed E-state index contributed by atoms with van der Waals surface area (Å²) in [5, 5.41) is 0. The monoisotopic (exact) mass is 407 g/mol. The van der Waals surface area contributed by atoms with E-state index >= 15 is 0 Å². The van der Waals surface area contributed by atoms with Crippen molar-refractivity contribution in [2.24, 2.45) is 0 Å². The number of hydrogen-bond donors (Lipinski definition) is 1. The lowest BCUT2D eigenvalue weighted by molar-refractivity contribution is 0.255. The van der Waals surface area contributed by atoms with Gasteiger partial charge in [-0.1, -0.05) is 0 Å². The number of rotatable bonds is 8. The molecule has 0 unspecified atom stereocenters. The second-order valence-electron chi connectivity index (χ2n) is 6.73. The molecule has 1 aliphatic heterocycles. The predicted octanol–water partition coefficient (Wildman–Crippen LogP) is 2.32. The topological polar surface area (TPSA) is 61.9 Å². The van der Waals surface area contributed by atoms with Crippen LogP contribution in [0.25, 0.3) is 0 Å². The van der Waals surface area contributed by atoms with Crippen molar-refractivity contribution in [2.45, 2.75) is 11.3 Å². The molecule has 0 spiro atoms. The first-order valence-corrected chi connectivity index (χ1v) is 10.8. The lowest BCUT2D eigenvalue weighted by Gasteiger charge is -2.36. The molecule has 1 saturated heterocycles. The molecule has 28 heavy (non-hydrogen) atoms. The molecule has 0 bridgehead atoms. The second kappa shape index (κ2) is 9.36. The zero-order valence-electron chi connectivity index (χ0n) is 16.0. The van der Waals surface area contributed by atoms with Crippen LogP contribution in [-0.4, -0.2) is 59.7 Å². The van der Waals surface area contributed by atoms with Gasteiger partial charge in [0.1, 0.15) is 11.6 Å². The maximum Gasteiger partial charge on any atom is 0.240 e. The van der Waals surface area contributed by atoms with Crippen LogP contribution in [0.2, 0.25) is 0 Å². The molecule has 2 aromatic rings. The normalized spacial score (nSPS) is 15.6. The van der Waals surface area contributed by atoms with E-state index in [-0.39, 0.29) is 4.90 Å². The summed E-state index contributed by atoms with van der Waals surface area (Å²) in [5.41, 5.74) is 1.19. The summed E-state index contributed by atoms with van der Waals surface area (Å²) >= 11 is 0. The van der Waals surface area contributed by atoms with Gasteiger partial charge >= 0.3 is 0 Å². The molecule has 8 heteroatoms. The summed E-state index contributed by atoms with van der Waals surface area (Å²) < 4.78 is 45.1. The van der Waals surface area contributed by atoms with Gasteiger partial charge < -0.3 is 9.64 Å². The van der Waals surface area contributed by atoms with Crippen LogP contribution in [0, 0.1) is 5.82 Å². The molecule has 0 amide bonds. The second-order valence-corrected chi connectivity index (χ2v) is 8.50. The molecule has 1 heterocycles. The van der Waals surface area contributed by atoms with E-state index in [0.29, 0.717) is 6.54 Å². The number of nitrogens with one attached hydrogen (secondary N) is 1. The van der Waals surface area contributed by atoms with Gasteiger partial charge in [-0.2, -0.15) is 0 Å². The average molecular weight is 408 g/mol. The average Bonchev–Trinajstić information content (AvgIpc) is 2.72. The molecule has 1 fully saturated rings. The third-order valence-corrected chi connectivity index (χ3v) is 6.35. The first kappa shape index (κ1) is 20.6.